The van der Waals surface area contributed by atoms with Crippen molar-refractivity contribution in [1.29, 1.82) is 0 Å². The summed E-state index contributed by atoms with van der Waals surface area (Å²) in [6.45, 7) is 4.30. The van der Waals surface area contributed by atoms with Crippen LogP contribution in [-0.4, -0.2) is 0 Å². The molecule has 0 heterocycles. The number of unbranched alkanes of at least 4 members (excludes halogenated alkanes) is 11. The van der Waals surface area contributed by atoms with Gasteiger partial charge in [-0.3, -0.25) is 0 Å². The molecular formula is C31H42F4. The highest BCUT2D eigenvalue weighted by atomic mass is 19.2. The molecule has 0 saturated heterocycles. The van der Waals surface area contributed by atoms with E-state index >= 15 is 0 Å². The number of hydrogen-bond acceptors (Lipinski definition) is 0. The molecule has 2 rings (SSSR count). The topological polar surface area (TPSA) is 0 Å². The van der Waals surface area contributed by atoms with Crippen LogP contribution in [0.4, 0.5) is 17.6 Å². The van der Waals surface area contributed by atoms with E-state index in [0.717, 1.165) is 50.2 Å². The second-order valence-corrected chi connectivity index (χ2v) is 9.59. The van der Waals surface area contributed by atoms with Crippen LogP contribution < -0.4 is 0 Å². The van der Waals surface area contributed by atoms with Gasteiger partial charge in [0.05, 0.1) is 5.56 Å². The van der Waals surface area contributed by atoms with Crippen LogP contribution in [0, 0.1) is 11.6 Å². The predicted molar refractivity (Wildman–Crippen MR) is 141 cm³/mol. The van der Waals surface area contributed by atoms with Gasteiger partial charge in [-0.05, 0) is 36.5 Å². The molecule has 2 aromatic rings. The fourth-order valence-corrected chi connectivity index (χ4v) is 4.40. The van der Waals surface area contributed by atoms with E-state index in [4.69, 9.17) is 0 Å². The van der Waals surface area contributed by atoms with E-state index in [1.165, 1.54) is 51.0 Å². The van der Waals surface area contributed by atoms with E-state index < -0.39 is 28.9 Å². The molecule has 0 spiro atoms. The number of rotatable bonds is 17. The summed E-state index contributed by atoms with van der Waals surface area (Å²) in [6, 6.07) is 9.85. The predicted octanol–water partition coefficient (Wildman–Crippen LogP) is 11.3. The van der Waals surface area contributed by atoms with E-state index in [0.29, 0.717) is 12.0 Å². The Morgan fingerprint density at radius 1 is 0.600 bits per heavy atom. The van der Waals surface area contributed by atoms with Gasteiger partial charge in [0.1, 0.15) is 5.83 Å². The number of allylic oxidation sites excluding steroid dienone is 1. The van der Waals surface area contributed by atoms with Gasteiger partial charge in [0.15, 0.2) is 17.5 Å². The van der Waals surface area contributed by atoms with Gasteiger partial charge in [-0.25, -0.2) is 17.6 Å². The lowest BCUT2D eigenvalue weighted by Crippen LogP contribution is -1.97. The molecule has 0 N–H and O–H groups in total. The Morgan fingerprint density at radius 2 is 1.14 bits per heavy atom. The molecule has 0 nitrogen and oxygen atoms in total. The Labute approximate surface area is 209 Å². The molecule has 0 aliphatic rings. The third-order valence-electron chi connectivity index (χ3n) is 6.64. The Kier molecular flexibility index (Phi) is 13.8. The van der Waals surface area contributed by atoms with Crippen molar-refractivity contribution in [3.8, 4) is 11.1 Å². The van der Waals surface area contributed by atoms with Crippen LogP contribution in [0.3, 0.4) is 0 Å². The van der Waals surface area contributed by atoms with Gasteiger partial charge in [0.2, 0.25) is 0 Å². The van der Waals surface area contributed by atoms with Crippen molar-refractivity contribution in [2.75, 3.05) is 0 Å². The summed E-state index contributed by atoms with van der Waals surface area (Å²) in [6.07, 6.45) is 15.3. The van der Waals surface area contributed by atoms with Gasteiger partial charge >= 0.3 is 0 Å². The molecule has 0 aliphatic heterocycles. The molecule has 0 bridgehead atoms. The van der Waals surface area contributed by atoms with Crippen molar-refractivity contribution in [3.05, 3.63) is 65.0 Å². The van der Waals surface area contributed by atoms with Gasteiger partial charge in [-0.1, -0.05) is 115 Å². The first kappa shape index (κ1) is 29.1. The van der Waals surface area contributed by atoms with E-state index in [2.05, 4.69) is 13.8 Å². The van der Waals surface area contributed by atoms with Gasteiger partial charge in [-0.15, -0.1) is 0 Å². The third-order valence-corrected chi connectivity index (χ3v) is 6.64. The standard InChI is InChI=1S/C31H42F4/c1-3-5-7-9-10-11-13-14-16-24-18-20-25(21-19-24)26-22-23-27(31(35)30(26)34)29(33)28(32)17-15-12-8-6-4-2/h18-23H,3-17H2,1-2H3. The average molecular weight is 491 g/mol. The van der Waals surface area contributed by atoms with E-state index in [-0.39, 0.29) is 12.0 Å². The van der Waals surface area contributed by atoms with Crippen LogP contribution in [0.15, 0.2) is 42.2 Å². The molecule has 0 unspecified atom stereocenters. The van der Waals surface area contributed by atoms with Crippen molar-refractivity contribution >= 4 is 5.83 Å². The molecule has 194 valence electrons. The summed E-state index contributed by atoms with van der Waals surface area (Å²) in [4.78, 5) is 0. The zero-order valence-corrected chi connectivity index (χ0v) is 21.6. The number of halogens is 4. The highest BCUT2D eigenvalue weighted by molar-refractivity contribution is 5.69. The maximum atomic E-state index is 14.8. The maximum absolute atomic E-state index is 14.8. The molecule has 35 heavy (non-hydrogen) atoms. The first-order valence-electron chi connectivity index (χ1n) is 13.6. The van der Waals surface area contributed by atoms with Crippen LogP contribution >= 0.6 is 0 Å². The monoisotopic (exact) mass is 490 g/mol. The molecule has 0 aromatic heterocycles. The van der Waals surface area contributed by atoms with E-state index in [1.54, 1.807) is 12.1 Å². The lowest BCUT2D eigenvalue weighted by molar-refractivity contribution is 0.498. The number of benzene rings is 2. The molecular weight excluding hydrogens is 448 g/mol. The van der Waals surface area contributed by atoms with Crippen LogP contribution in [0.2, 0.25) is 0 Å². The summed E-state index contributed by atoms with van der Waals surface area (Å²) in [5.41, 5.74) is 1.09. The van der Waals surface area contributed by atoms with Gasteiger partial charge in [0, 0.05) is 12.0 Å². The first-order valence-corrected chi connectivity index (χ1v) is 13.6. The maximum Gasteiger partial charge on any atom is 0.169 e. The van der Waals surface area contributed by atoms with Crippen LogP contribution in [0.5, 0.6) is 0 Å². The van der Waals surface area contributed by atoms with E-state index in [9.17, 15) is 17.6 Å². The van der Waals surface area contributed by atoms with Crippen molar-refractivity contribution in [3.63, 3.8) is 0 Å². The molecule has 4 heteroatoms. The number of aryl methyl sites for hydroxylation is 1. The summed E-state index contributed by atoms with van der Waals surface area (Å²) in [7, 11) is 0. The van der Waals surface area contributed by atoms with Gasteiger partial charge in [-0.2, -0.15) is 0 Å². The Morgan fingerprint density at radius 3 is 1.74 bits per heavy atom. The van der Waals surface area contributed by atoms with Crippen molar-refractivity contribution in [2.24, 2.45) is 0 Å². The lowest BCUT2D eigenvalue weighted by atomic mass is 9.98. The Bertz CT molecular complexity index is 899. The van der Waals surface area contributed by atoms with Gasteiger partial charge in [0.25, 0.3) is 0 Å². The fraction of sp³-hybridized carbons (Fsp3) is 0.548. The van der Waals surface area contributed by atoms with Crippen LogP contribution in [0.1, 0.15) is 115 Å². The van der Waals surface area contributed by atoms with Crippen molar-refractivity contribution < 1.29 is 17.6 Å². The molecule has 0 saturated carbocycles. The first-order chi connectivity index (χ1) is 17.0. The summed E-state index contributed by atoms with van der Waals surface area (Å²) in [5, 5.41) is 0. The summed E-state index contributed by atoms with van der Waals surface area (Å²) >= 11 is 0. The SMILES string of the molecule is CCCCCCCCCCc1ccc(-c2ccc(C(F)=C(F)CCCCCCC)c(F)c2F)cc1. The molecule has 0 radical (unpaired) electrons. The number of hydrogen-bond donors (Lipinski definition) is 0. The highest BCUT2D eigenvalue weighted by Crippen LogP contribution is 2.33. The quantitative estimate of drug-likeness (QED) is 0.153. The lowest BCUT2D eigenvalue weighted by Gasteiger charge is -2.10. The molecule has 0 fully saturated rings. The molecule has 0 aliphatic carbocycles. The second kappa shape index (κ2) is 16.5. The van der Waals surface area contributed by atoms with Crippen molar-refractivity contribution in [1.82, 2.24) is 0 Å². The third kappa shape index (κ3) is 9.82. The van der Waals surface area contributed by atoms with Crippen molar-refractivity contribution in [2.45, 2.75) is 110 Å². The minimum Gasteiger partial charge on any atom is -0.209 e. The highest BCUT2D eigenvalue weighted by Gasteiger charge is 2.20. The van der Waals surface area contributed by atoms with E-state index in [1.807, 2.05) is 12.1 Å². The second-order valence-electron chi connectivity index (χ2n) is 9.59. The minimum absolute atomic E-state index is 0.0534. The summed E-state index contributed by atoms with van der Waals surface area (Å²) in [5.74, 6) is -4.81. The smallest absolute Gasteiger partial charge is 0.169 e. The largest absolute Gasteiger partial charge is 0.209 e. The average Bonchev–Trinajstić information content (AvgIpc) is 2.87. The van der Waals surface area contributed by atoms with Crippen LogP contribution in [0.25, 0.3) is 17.0 Å². The Hall–Kier alpha value is -2.10. The summed E-state index contributed by atoms with van der Waals surface area (Å²) < 4.78 is 58.1. The molecule has 2 aromatic carbocycles. The zero-order chi connectivity index (χ0) is 25.5. The normalized spacial score (nSPS) is 12.2. The Balaban J connectivity index is 1.93. The zero-order valence-electron chi connectivity index (χ0n) is 21.6. The molecule has 0 amide bonds. The minimum atomic E-state index is -1.34. The van der Waals surface area contributed by atoms with Gasteiger partial charge < -0.3 is 0 Å². The molecule has 0 atom stereocenters. The fourth-order valence-electron chi connectivity index (χ4n) is 4.40. The van der Waals surface area contributed by atoms with Crippen LogP contribution in [-0.2, 0) is 6.42 Å².